The molecule has 1 aromatic carbocycles. The topological polar surface area (TPSA) is 91.4 Å². The minimum atomic E-state index is -1.95. The fraction of sp³-hybridized carbons (Fsp3) is 0.125. The Morgan fingerprint density at radius 1 is 1.20 bits per heavy atom. The molecule has 0 saturated carbocycles. The highest BCUT2D eigenvalue weighted by Gasteiger charge is 2.61. The van der Waals surface area contributed by atoms with Crippen LogP contribution < -0.4 is 15.5 Å². The summed E-state index contributed by atoms with van der Waals surface area (Å²) in [5, 5.41) is 4.69. The number of amides is 4. The fourth-order valence-corrected chi connectivity index (χ4v) is 3.22. The van der Waals surface area contributed by atoms with E-state index in [2.05, 4.69) is 10.3 Å². The minimum Gasteiger partial charge on any atom is -0.312 e. The van der Waals surface area contributed by atoms with Gasteiger partial charge in [0.2, 0.25) is 5.54 Å². The number of urea groups is 1. The van der Waals surface area contributed by atoms with Gasteiger partial charge in [-0.3, -0.25) is 14.9 Å². The van der Waals surface area contributed by atoms with E-state index in [4.69, 9.17) is 11.6 Å². The van der Waals surface area contributed by atoms with Gasteiger partial charge in [-0.05, 0) is 29.8 Å². The standard InChI is InChI=1S/C16H10ClFN4O3/c17-12-4-1-8(6-19-12)7-22-11-3-2-9(18)5-10(11)16(14(22)24)13(23)20-15(25)21-16/h1-6H,7H2,(H2,20,21,23,25). The lowest BCUT2D eigenvalue weighted by molar-refractivity contribution is -0.134. The third kappa shape index (κ3) is 2.18. The largest absolute Gasteiger partial charge is 0.323 e. The number of anilines is 1. The van der Waals surface area contributed by atoms with E-state index >= 15 is 0 Å². The second kappa shape index (κ2) is 5.25. The van der Waals surface area contributed by atoms with Crippen LogP contribution in [0.1, 0.15) is 11.1 Å². The van der Waals surface area contributed by atoms with Crippen LogP contribution in [-0.2, 0) is 21.7 Å². The monoisotopic (exact) mass is 360 g/mol. The van der Waals surface area contributed by atoms with E-state index in [1.54, 1.807) is 12.1 Å². The highest BCUT2D eigenvalue weighted by Crippen LogP contribution is 2.43. The molecule has 1 unspecified atom stereocenters. The lowest BCUT2D eigenvalue weighted by Gasteiger charge is -2.21. The van der Waals surface area contributed by atoms with Gasteiger partial charge in [0.15, 0.2) is 0 Å². The molecule has 4 amide bonds. The summed E-state index contributed by atoms with van der Waals surface area (Å²) in [7, 11) is 0. The van der Waals surface area contributed by atoms with Gasteiger partial charge in [0.1, 0.15) is 11.0 Å². The second-order valence-corrected chi connectivity index (χ2v) is 6.09. The molecule has 2 aliphatic rings. The maximum Gasteiger partial charge on any atom is 0.323 e. The van der Waals surface area contributed by atoms with Crippen LogP contribution in [0.4, 0.5) is 14.9 Å². The molecule has 1 atom stereocenters. The Morgan fingerprint density at radius 3 is 2.64 bits per heavy atom. The van der Waals surface area contributed by atoms with Crippen LogP contribution in [0, 0.1) is 5.82 Å². The highest BCUT2D eigenvalue weighted by atomic mass is 35.5. The molecule has 1 aromatic heterocycles. The molecule has 0 bridgehead atoms. The van der Waals surface area contributed by atoms with E-state index in [9.17, 15) is 18.8 Å². The maximum absolute atomic E-state index is 13.7. The van der Waals surface area contributed by atoms with Gasteiger partial charge in [-0.15, -0.1) is 0 Å². The lowest BCUT2D eigenvalue weighted by atomic mass is 9.91. The van der Waals surface area contributed by atoms with Crippen LogP contribution in [0.2, 0.25) is 5.15 Å². The summed E-state index contributed by atoms with van der Waals surface area (Å²) >= 11 is 5.76. The van der Waals surface area contributed by atoms with Crippen LogP contribution in [0.15, 0.2) is 36.5 Å². The molecular weight excluding hydrogens is 351 g/mol. The quantitative estimate of drug-likeness (QED) is 0.482. The molecule has 0 radical (unpaired) electrons. The lowest BCUT2D eigenvalue weighted by Crippen LogP contribution is -2.52. The van der Waals surface area contributed by atoms with Gasteiger partial charge in [-0.25, -0.2) is 14.2 Å². The SMILES string of the molecule is O=C1NC(=O)C2(N1)C(=O)N(Cc1ccc(Cl)nc1)c1ccc(F)cc12. The summed E-state index contributed by atoms with van der Waals surface area (Å²) < 4.78 is 13.7. The highest BCUT2D eigenvalue weighted by molar-refractivity contribution is 6.29. The summed E-state index contributed by atoms with van der Waals surface area (Å²) in [6.45, 7) is 0.0898. The molecule has 9 heteroatoms. The maximum atomic E-state index is 13.7. The Balaban J connectivity index is 1.82. The van der Waals surface area contributed by atoms with Crippen molar-refractivity contribution in [1.82, 2.24) is 15.6 Å². The Hall–Kier alpha value is -3.00. The van der Waals surface area contributed by atoms with Crippen molar-refractivity contribution in [2.45, 2.75) is 12.1 Å². The zero-order valence-corrected chi connectivity index (χ0v) is 13.3. The number of carbonyl (C=O) groups is 3. The number of imide groups is 1. The van der Waals surface area contributed by atoms with Crippen LogP contribution in [-0.4, -0.2) is 22.8 Å². The number of hydrogen-bond acceptors (Lipinski definition) is 4. The molecule has 2 aliphatic heterocycles. The van der Waals surface area contributed by atoms with Crippen molar-refractivity contribution in [3.8, 4) is 0 Å². The second-order valence-electron chi connectivity index (χ2n) is 5.70. The molecule has 1 fully saturated rings. The van der Waals surface area contributed by atoms with Gasteiger partial charge in [0.25, 0.3) is 11.8 Å². The zero-order valence-electron chi connectivity index (χ0n) is 12.5. The van der Waals surface area contributed by atoms with E-state index < -0.39 is 29.2 Å². The van der Waals surface area contributed by atoms with Crippen LogP contribution >= 0.6 is 11.6 Å². The summed E-state index contributed by atoms with van der Waals surface area (Å²) in [5.74, 6) is -2.10. The molecule has 2 aromatic rings. The molecule has 25 heavy (non-hydrogen) atoms. The zero-order chi connectivity index (χ0) is 17.8. The van der Waals surface area contributed by atoms with E-state index in [-0.39, 0.29) is 12.1 Å². The van der Waals surface area contributed by atoms with Crippen LogP contribution in [0.5, 0.6) is 0 Å². The van der Waals surface area contributed by atoms with Crippen molar-refractivity contribution >= 4 is 35.1 Å². The first-order chi connectivity index (χ1) is 11.9. The molecule has 2 N–H and O–H groups in total. The molecule has 3 heterocycles. The van der Waals surface area contributed by atoms with Crippen molar-refractivity contribution < 1.29 is 18.8 Å². The fourth-order valence-electron chi connectivity index (χ4n) is 3.11. The number of aromatic nitrogens is 1. The molecule has 7 nitrogen and oxygen atoms in total. The molecule has 126 valence electrons. The molecule has 0 aliphatic carbocycles. The number of nitrogens with one attached hydrogen (secondary N) is 2. The summed E-state index contributed by atoms with van der Waals surface area (Å²) in [4.78, 5) is 42.2. The third-order valence-corrected chi connectivity index (χ3v) is 4.44. The molecular formula is C16H10ClFN4O3. The average Bonchev–Trinajstić information content (AvgIpc) is 2.99. The number of hydrogen-bond donors (Lipinski definition) is 2. The van der Waals surface area contributed by atoms with Crippen molar-refractivity contribution in [3.05, 3.63) is 58.6 Å². The molecule has 1 spiro atoms. The van der Waals surface area contributed by atoms with Crippen LogP contribution in [0.3, 0.4) is 0 Å². The summed E-state index contributed by atoms with van der Waals surface area (Å²) in [6, 6.07) is 6.13. The predicted molar refractivity (Wildman–Crippen MR) is 85.2 cm³/mol. The van der Waals surface area contributed by atoms with Gasteiger partial charge in [-0.1, -0.05) is 17.7 Å². The van der Waals surface area contributed by atoms with E-state index in [1.165, 1.54) is 23.2 Å². The predicted octanol–water partition coefficient (Wildman–Crippen LogP) is 1.46. The first-order valence-corrected chi connectivity index (χ1v) is 7.65. The van der Waals surface area contributed by atoms with Gasteiger partial charge >= 0.3 is 6.03 Å². The number of nitrogens with zero attached hydrogens (tertiary/aromatic N) is 2. The molecule has 4 rings (SSSR count). The first-order valence-electron chi connectivity index (χ1n) is 7.28. The van der Waals surface area contributed by atoms with E-state index in [0.29, 0.717) is 16.4 Å². The van der Waals surface area contributed by atoms with Crippen molar-refractivity contribution in [2.75, 3.05) is 4.90 Å². The number of benzene rings is 1. The van der Waals surface area contributed by atoms with E-state index in [0.717, 1.165) is 6.07 Å². The minimum absolute atomic E-state index is 0.0898. The van der Waals surface area contributed by atoms with Gasteiger partial charge in [0, 0.05) is 11.8 Å². The van der Waals surface area contributed by atoms with Crippen molar-refractivity contribution in [2.24, 2.45) is 0 Å². The number of halogens is 2. The smallest absolute Gasteiger partial charge is 0.312 e. The third-order valence-electron chi connectivity index (χ3n) is 4.22. The Bertz CT molecular complexity index is 933. The number of carbonyl (C=O) groups excluding carboxylic acids is 3. The van der Waals surface area contributed by atoms with Crippen molar-refractivity contribution in [3.63, 3.8) is 0 Å². The number of rotatable bonds is 2. The van der Waals surface area contributed by atoms with Gasteiger partial charge in [-0.2, -0.15) is 0 Å². The number of fused-ring (bicyclic) bond motifs is 2. The normalized spacial score (nSPS) is 21.5. The van der Waals surface area contributed by atoms with Crippen molar-refractivity contribution in [1.29, 1.82) is 0 Å². The summed E-state index contributed by atoms with van der Waals surface area (Å²) in [6.07, 6.45) is 1.50. The summed E-state index contributed by atoms with van der Waals surface area (Å²) in [5.41, 5.74) is -0.842. The van der Waals surface area contributed by atoms with E-state index in [1.807, 2.05) is 5.32 Å². The Kier molecular flexibility index (Phi) is 3.26. The average molecular weight is 361 g/mol. The number of pyridine rings is 1. The Labute approximate surface area is 145 Å². The van der Waals surface area contributed by atoms with Gasteiger partial charge in [0.05, 0.1) is 12.2 Å². The van der Waals surface area contributed by atoms with Gasteiger partial charge < -0.3 is 10.2 Å². The Morgan fingerprint density at radius 2 is 2.00 bits per heavy atom. The molecule has 1 saturated heterocycles. The first kappa shape index (κ1) is 15.5. The van der Waals surface area contributed by atoms with Crippen LogP contribution in [0.25, 0.3) is 0 Å².